The number of esters is 1. The second-order valence-corrected chi connectivity index (χ2v) is 7.87. The summed E-state index contributed by atoms with van der Waals surface area (Å²) in [5, 5.41) is 0. The van der Waals surface area contributed by atoms with Gasteiger partial charge >= 0.3 is 5.97 Å². The highest BCUT2D eigenvalue weighted by molar-refractivity contribution is 7.89. The highest BCUT2D eigenvalue weighted by Gasteiger charge is 2.49. The summed E-state index contributed by atoms with van der Waals surface area (Å²) in [4.78, 5) is 24.1. The fourth-order valence-electron chi connectivity index (χ4n) is 3.24. The average molecular weight is 349 g/mol. The van der Waals surface area contributed by atoms with Crippen LogP contribution in [-0.4, -0.2) is 37.1 Å². The maximum atomic E-state index is 13.1. The molecule has 1 aromatic carbocycles. The van der Waals surface area contributed by atoms with E-state index in [1.165, 1.54) is 18.2 Å². The largest absolute Gasteiger partial charge is 0.464 e. The number of carbonyl (C=O) groups excluding carboxylic acids is 2. The number of rotatable bonds is 4. The van der Waals surface area contributed by atoms with Gasteiger partial charge in [-0.1, -0.05) is 17.7 Å². The number of ketones is 1. The summed E-state index contributed by atoms with van der Waals surface area (Å²) >= 11 is 0. The molecule has 6 nitrogen and oxygen atoms in total. The van der Waals surface area contributed by atoms with Gasteiger partial charge in [-0.05, 0) is 32.4 Å². The number of benzene rings is 1. The smallest absolute Gasteiger partial charge is 0.329 e. The van der Waals surface area contributed by atoms with Gasteiger partial charge in [-0.15, -0.1) is 0 Å². The van der Waals surface area contributed by atoms with Gasteiger partial charge in [0.25, 0.3) is 10.0 Å². The minimum atomic E-state index is -3.93. The lowest BCUT2D eigenvalue weighted by atomic mass is 10.0. The van der Waals surface area contributed by atoms with E-state index in [1.807, 2.05) is 6.92 Å². The molecule has 1 aliphatic heterocycles. The zero-order valence-electron chi connectivity index (χ0n) is 13.6. The molecule has 0 amide bonds. The molecule has 1 heterocycles. The summed E-state index contributed by atoms with van der Waals surface area (Å²) in [6.45, 7) is 3.72. The van der Waals surface area contributed by atoms with Crippen LogP contribution >= 0.6 is 0 Å². The van der Waals surface area contributed by atoms with Crippen molar-refractivity contribution >= 4 is 21.8 Å². The molecule has 2 atom stereocenters. The van der Waals surface area contributed by atoms with Crippen molar-refractivity contribution < 1.29 is 22.7 Å². The van der Waals surface area contributed by atoms with Crippen molar-refractivity contribution in [3.05, 3.63) is 41.6 Å². The number of nitrogens with zero attached hydrogens (tertiary/aromatic N) is 1. The molecule has 24 heavy (non-hydrogen) atoms. The molecule has 1 aliphatic carbocycles. The fourth-order valence-corrected chi connectivity index (χ4v) is 4.94. The van der Waals surface area contributed by atoms with Crippen LogP contribution in [0.4, 0.5) is 0 Å². The lowest BCUT2D eigenvalue weighted by Crippen LogP contribution is -2.40. The number of aryl methyl sites for hydroxylation is 1. The Labute approximate surface area is 141 Å². The van der Waals surface area contributed by atoms with Crippen LogP contribution in [0.1, 0.15) is 25.3 Å². The molecule has 0 aromatic heterocycles. The number of sulfonamides is 1. The number of fused-ring (bicyclic) bond motifs is 1. The Morgan fingerprint density at radius 1 is 1.29 bits per heavy atom. The summed E-state index contributed by atoms with van der Waals surface area (Å²) in [7, 11) is -3.93. The normalized spacial score (nSPS) is 23.2. The first-order chi connectivity index (χ1) is 11.3. The highest BCUT2D eigenvalue weighted by Crippen LogP contribution is 2.43. The summed E-state index contributed by atoms with van der Waals surface area (Å²) in [6.07, 6.45) is 1.86. The number of hydrogen-bond acceptors (Lipinski definition) is 5. The van der Waals surface area contributed by atoms with Crippen molar-refractivity contribution in [3.8, 4) is 0 Å². The van der Waals surface area contributed by atoms with E-state index < -0.39 is 22.0 Å². The van der Waals surface area contributed by atoms with Crippen LogP contribution < -0.4 is 0 Å². The summed E-state index contributed by atoms with van der Waals surface area (Å²) in [6, 6.07) is 5.51. The van der Waals surface area contributed by atoms with Crippen LogP contribution in [0.3, 0.4) is 0 Å². The molecule has 128 valence electrons. The molecule has 3 rings (SSSR count). The second kappa shape index (κ2) is 6.05. The minimum Gasteiger partial charge on any atom is -0.464 e. The van der Waals surface area contributed by atoms with Gasteiger partial charge in [-0.3, -0.25) is 9.10 Å². The maximum absolute atomic E-state index is 13.1. The Bertz CT molecular complexity index is 810. The van der Waals surface area contributed by atoms with Crippen LogP contribution in [0.15, 0.2) is 40.9 Å². The van der Waals surface area contributed by atoms with Crippen molar-refractivity contribution in [1.29, 1.82) is 0 Å². The Hall–Kier alpha value is -2.15. The van der Waals surface area contributed by atoms with Crippen molar-refractivity contribution in [2.75, 3.05) is 6.61 Å². The van der Waals surface area contributed by atoms with Gasteiger partial charge in [0.15, 0.2) is 5.78 Å². The maximum Gasteiger partial charge on any atom is 0.329 e. The lowest BCUT2D eigenvalue weighted by Gasteiger charge is -2.25. The first-order valence-electron chi connectivity index (χ1n) is 7.86. The van der Waals surface area contributed by atoms with Gasteiger partial charge < -0.3 is 4.74 Å². The zero-order valence-corrected chi connectivity index (χ0v) is 14.4. The average Bonchev–Trinajstić information content (AvgIpc) is 3.03. The summed E-state index contributed by atoms with van der Waals surface area (Å²) in [5.74, 6) is -0.926. The SMILES string of the molecule is CCOC(=O)[C@@H]1C[C@@H]2CC(=O)C=C2N1S(=O)(=O)c1ccc(C)cc1. The molecule has 7 heteroatoms. The van der Waals surface area contributed by atoms with Crippen molar-refractivity contribution in [2.24, 2.45) is 5.92 Å². The fraction of sp³-hybridized carbons (Fsp3) is 0.412. The molecular formula is C17H19NO5S. The van der Waals surface area contributed by atoms with Gasteiger partial charge in [0.2, 0.25) is 0 Å². The first-order valence-corrected chi connectivity index (χ1v) is 9.30. The van der Waals surface area contributed by atoms with Crippen LogP contribution in [0.5, 0.6) is 0 Å². The van der Waals surface area contributed by atoms with Gasteiger partial charge in [0, 0.05) is 24.1 Å². The van der Waals surface area contributed by atoms with E-state index in [1.54, 1.807) is 19.1 Å². The van der Waals surface area contributed by atoms with E-state index in [9.17, 15) is 18.0 Å². The van der Waals surface area contributed by atoms with Crippen LogP contribution in [0.2, 0.25) is 0 Å². The Morgan fingerprint density at radius 3 is 2.58 bits per heavy atom. The predicted octanol–water partition coefficient (Wildman–Crippen LogP) is 1.79. The Balaban J connectivity index is 2.05. The molecule has 0 radical (unpaired) electrons. The predicted molar refractivity (Wildman–Crippen MR) is 86.4 cm³/mol. The molecular weight excluding hydrogens is 330 g/mol. The number of hydrogen-bond donors (Lipinski definition) is 0. The van der Waals surface area contributed by atoms with Gasteiger partial charge in [-0.25, -0.2) is 13.2 Å². The van der Waals surface area contributed by atoms with E-state index in [0.29, 0.717) is 5.70 Å². The molecule has 0 bridgehead atoms. The van der Waals surface area contributed by atoms with Crippen molar-refractivity contribution in [2.45, 2.75) is 37.6 Å². The van der Waals surface area contributed by atoms with Crippen molar-refractivity contribution in [3.63, 3.8) is 0 Å². The molecule has 0 unspecified atom stereocenters. The number of ether oxygens (including phenoxy) is 1. The highest BCUT2D eigenvalue weighted by atomic mass is 32.2. The van der Waals surface area contributed by atoms with E-state index in [2.05, 4.69) is 0 Å². The number of carbonyl (C=O) groups is 2. The topological polar surface area (TPSA) is 80.8 Å². The number of allylic oxidation sites excluding steroid dienone is 2. The quantitative estimate of drug-likeness (QED) is 0.774. The summed E-state index contributed by atoms with van der Waals surface area (Å²) in [5.41, 5.74) is 1.34. The molecule has 0 spiro atoms. The van der Waals surface area contributed by atoms with Crippen molar-refractivity contribution in [1.82, 2.24) is 4.31 Å². The third-order valence-electron chi connectivity index (χ3n) is 4.36. The standard InChI is InChI=1S/C17H19NO5S/c1-3-23-17(20)16-9-12-8-13(19)10-15(12)18(16)24(21,22)14-6-4-11(2)5-7-14/h4-7,10,12,16H,3,8-9H2,1-2H3/t12-,16-/m0/s1. The Kier molecular flexibility index (Phi) is 4.21. The van der Waals surface area contributed by atoms with E-state index in [-0.39, 0.29) is 36.0 Å². The third-order valence-corrected chi connectivity index (χ3v) is 6.21. The third kappa shape index (κ3) is 2.73. The second-order valence-electron chi connectivity index (χ2n) is 6.05. The Morgan fingerprint density at radius 2 is 1.96 bits per heavy atom. The van der Waals surface area contributed by atoms with Crippen LogP contribution in [-0.2, 0) is 24.3 Å². The lowest BCUT2D eigenvalue weighted by molar-refractivity contribution is -0.146. The van der Waals surface area contributed by atoms with Gasteiger partial charge in [0.05, 0.1) is 11.5 Å². The molecule has 0 N–H and O–H groups in total. The molecule has 1 aromatic rings. The van der Waals surface area contributed by atoms with E-state index >= 15 is 0 Å². The van der Waals surface area contributed by atoms with Gasteiger partial charge in [0.1, 0.15) is 6.04 Å². The molecule has 1 fully saturated rings. The van der Waals surface area contributed by atoms with E-state index in [0.717, 1.165) is 9.87 Å². The summed E-state index contributed by atoms with van der Waals surface area (Å²) < 4.78 is 32.3. The van der Waals surface area contributed by atoms with E-state index in [4.69, 9.17) is 4.74 Å². The monoisotopic (exact) mass is 349 g/mol. The van der Waals surface area contributed by atoms with Crippen LogP contribution in [0, 0.1) is 12.8 Å². The molecule has 1 saturated heterocycles. The van der Waals surface area contributed by atoms with Crippen LogP contribution in [0.25, 0.3) is 0 Å². The minimum absolute atomic E-state index is 0.100. The first kappa shape index (κ1) is 16.7. The van der Waals surface area contributed by atoms with Gasteiger partial charge in [-0.2, -0.15) is 0 Å². The molecule has 2 aliphatic rings. The zero-order chi connectivity index (χ0) is 17.5. The molecule has 0 saturated carbocycles.